The lowest BCUT2D eigenvalue weighted by Gasteiger charge is -2.38. The van der Waals surface area contributed by atoms with Crippen molar-refractivity contribution < 1.29 is 9.18 Å². The first kappa shape index (κ1) is 14.6. The van der Waals surface area contributed by atoms with Crippen LogP contribution in [0.15, 0.2) is 60.8 Å². The highest BCUT2D eigenvalue weighted by Gasteiger charge is 2.33. The van der Waals surface area contributed by atoms with Gasteiger partial charge in [0.25, 0.3) is 5.91 Å². The third-order valence-electron chi connectivity index (χ3n) is 4.18. The van der Waals surface area contributed by atoms with Gasteiger partial charge in [-0.15, -0.1) is 5.10 Å². The highest BCUT2D eigenvalue weighted by Crippen LogP contribution is 2.24. The Kier molecular flexibility index (Phi) is 3.57. The van der Waals surface area contributed by atoms with Crippen LogP contribution in [0.4, 0.5) is 4.39 Å². The molecule has 0 N–H and O–H groups in total. The molecule has 4 rings (SSSR count). The van der Waals surface area contributed by atoms with E-state index in [4.69, 9.17) is 0 Å². The number of amides is 1. The van der Waals surface area contributed by atoms with Gasteiger partial charge in [0.1, 0.15) is 11.5 Å². The van der Waals surface area contributed by atoms with E-state index in [-0.39, 0.29) is 11.9 Å². The Morgan fingerprint density at radius 1 is 1.08 bits per heavy atom. The second-order valence-corrected chi connectivity index (χ2v) is 5.82. The standard InChI is InChI=1S/C18H15FN4O/c19-15-8-4-7-14(9-15)18(24)22-10-16(11-22)23-12-17(20-21-23)13-5-2-1-3-6-13/h1-9,12,16H,10-11H2. The maximum Gasteiger partial charge on any atom is 0.254 e. The molecule has 0 spiro atoms. The molecule has 0 bridgehead atoms. The fourth-order valence-electron chi connectivity index (χ4n) is 2.79. The Morgan fingerprint density at radius 2 is 1.88 bits per heavy atom. The first-order valence-electron chi connectivity index (χ1n) is 7.73. The monoisotopic (exact) mass is 322 g/mol. The smallest absolute Gasteiger partial charge is 0.254 e. The Morgan fingerprint density at radius 3 is 2.62 bits per heavy atom. The van der Waals surface area contributed by atoms with Gasteiger partial charge in [-0.1, -0.05) is 41.6 Å². The van der Waals surface area contributed by atoms with E-state index < -0.39 is 5.82 Å². The fourth-order valence-corrected chi connectivity index (χ4v) is 2.79. The van der Waals surface area contributed by atoms with Crippen LogP contribution in [-0.2, 0) is 0 Å². The summed E-state index contributed by atoms with van der Waals surface area (Å²) in [5.41, 5.74) is 2.19. The zero-order valence-corrected chi connectivity index (χ0v) is 12.8. The molecular weight excluding hydrogens is 307 g/mol. The molecular formula is C18H15FN4O. The molecule has 1 amide bonds. The van der Waals surface area contributed by atoms with Crippen molar-refractivity contribution in [3.8, 4) is 11.3 Å². The number of hydrogen-bond acceptors (Lipinski definition) is 3. The van der Waals surface area contributed by atoms with Crippen LogP contribution in [0.1, 0.15) is 16.4 Å². The van der Waals surface area contributed by atoms with Crippen LogP contribution >= 0.6 is 0 Å². The van der Waals surface area contributed by atoms with Crippen LogP contribution in [0.2, 0.25) is 0 Å². The van der Waals surface area contributed by atoms with Crippen molar-refractivity contribution in [2.75, 3.05) is 13.1 Å². The summed E-state index contributed by atoms with van der Waals surface area (Å²) in [7, 11) is 0. The van der Waals surface area contributed by atoms with Crippen LogP contribution in [0.3, 0.4) is 0 Å². The number of carbonyl (C=O) groups excluding carboxylic acids is 1. The van der Waals surface area contributed by atoms with E-state index in [9.17, 15) is 9.18 Å². The summed E-state index contributed by atoms with van der Waals surface area (Å²) in [6.45, 7) is 1.10. The van der Waals surface area contributed by atoms with Gasteiger partial charge >= 0.3 is 0 Å². The second-order valence-electron chi connectivity index (χ2n) is 5.82. The van der Waals surface area contributed by atoms with Crippen LogP contribution in [0.5, 0.6) is 0 Å². The maximum atomic E-state index is 13.2. The molecule has 120 valence electrons. The number of hydrogen-bond donors (Lipinski definition) is 0. The Hall–Kier alpha value is -3.02. The van der Waals surface area contributed by atoms with Gasteiger partial charge in [0.2, 0.25) is 0 Å². The molecule has 1 aromatic heterocycles. The van der Waals surface area contributed by atoms with Crippen LogP contribution in [0.25, 0.3) is 11.3 Å². The summed E-state index contributed by atoms with van der Waals surface area (Å²) in [5, 5.41) is 8.35. The average molecular weight is 322 g/mol. The largest absolute Gasteiger partial charge is 0.334 e. The van der Waals surface area contributed by atoms with Gasteiger partial charge < -0.3 is 4.90 Å². The highest BCUT2D eigenvalue weighted by atomic mass is 19.1. The first-order chi connectivity index (χ1) is 11.7. The van der Waals surface area contributed by atoms with Gasteiger partial charge in [-0.05, 0) is 18.2 Å². The Balaban J connectivity index is 1.43. The molecule has 0 unspecified atom stereocenters. The molecule has 2 heterocycles. The maximum absolute atomic E-state index is 13.2. The molecule has 1 saturated heterocycles. The summed E-state index contributed by atoms with van der Waals surface area (Å²) < 4.78 is 15.0. The van der Waals surface area contributed by atoms with Gasteiger partial charge in [0, 0.05) is 24.2 Å². The Bertz CT molecular complexity index is 871. The summed E-state index contributed by atoms with van der Waals surface area (Å²) in [4.78, 5) is 14.0. The molecule has 5 nitrogen and oxygen atoms in total. The van der Waals surface area contributed by atoms with Crippen LogP contribution in [-0.4, -0.2) is 38.9 Å². The molecule has 1 aliphatic heterocycles. The molecule has 0 aliphatic carbocycles. The molecule has 0 radical (unpaired) electrons. The van der Waals surface area contributed by atoms with Crippen molar-refractivity contribution in [2.24, 2.45) is 0 Å². The van der Waals surface area contributed by atoms with Crippen molar-refractivity contribution in [2.45, 2.75) is 6.04 Å². The topological polar surface area (TPSA) is 51.0 Å². The number of likely N-dealkylation sites (tertiary alicyclic amines) is 1. The second kappa shape index (κ2) is 5.88. The molecule has 3 aromatic rings. The third kappa shape index (κ3) is 2.67. The molecule has 24 heavy (non-hydrogen) atoms. The lowest BCUT2D eigenvalue weighted by Crippen LogP contribution is -2.50. The van der Waals surface area contributed by atoms with Crippen LogP contribution in [0, 0.1) is 5.82 Å². The zero-order valence-electron chi connectivity index (χ0n) is 12.8. The number of nitrogens with zero attached hydrogens (tertiary/aromatic N) is 4. The van der Waals surface area contributed by atoms with E-state index in [1.807, 2.05) is 36.5 Å². The van der Waals surface area contributed by atoms with Crippen molar-refractivity contribution >= 4 is 5.91 Å². The third-order valence-corrected chi connectivity index (χ3v) is 4.18. The number of halogens is 1. The normalized spacial score (nSPS) is 14.5. The highest BCUT2D eigenvalue weighted by molar-refractivity contribution is 5.94. The number of rotatable bonds is 3. The van der Waals surface area contributed by atoms with Crippen molar-refractivity contribution in [3.05, 3.63) is 72.2 Å². The average Bonchev–Trinajstić information content (AvgIpc) is 3.04. The minimum atomic E-state index is -0.401. The number of benzene rings is 2. The van der Waals surface area contributed by atoms with E-state index in [1.165, 1.54) is 12.1 Å². The fraction of sp³-hybridized carbons (Fsp3) is 0.167. The predicted molar refractivity (Wildman–Crippen MR) is 86.8 cm³/mol. The van der Waals surface area contributed by atoms with Crippen molar-refractivity contribution in [1.29, 1.82) is 0 Å². The predicted octanol–water partition coefficient (Wildman–Crippen LogP) is 2.78. The van der Waals surface area contributed by atoms with E-state index in [0.717, 1.165) is 11.3 Å². The summed E-state index contributed by atoms with van der Waals surface area (Å²) >= 11 is 0. The molecule has 1 aliphatic rings. The van der Waals surface area contributed by atoms with E-state index >= 15 is 0 Å². The summed E-state index contributed by atoms with van der Waals surface area (Å²) in [6, 6.07) is 15.7. The summed E-state index contributed by atoms with van der Waals surface area (Å²) in [6.07, 6.45) is 1.89. The lowest BCUT2D eigenvalue weighted by molar-refractivity contribution is 0.0498. The molecule has 0 saturated carbocycles. The molecule has 1 fully saturated rings. The van der Waals surface area contributed by atoms with Crippen molar-refractivity contribution in [3.63, 3.8) is 0 Å². The van der Waals surface area contributed by atoms with Gasteiger partial charge in [0.05, 0.1) is 12.2 Å². The van der Waals surface area contributed by atoms with E-state index in [1.54, 1.807) is 21.7 Å². The SMILES string of the molecule is O=C(c1cccc(F)c1)N1CC(n2cc(-c3ccccc3)nn2)C1. The molecule has 6 heteroatoms. The minimum Gasteiger partial charge on any atom is -0.334 e. The molecule has 2 aromatic carbocycles. The van der Waals surface area contributed by atoms with Crippen LogP contribution < -0.4 is 0 Å². The Labute approximate surface area is 138 Å². The van der Waals surface area contributed by atoms with Gasteiger partial charge in [0.15, 0.2) is 0 Å². The summed E-state index contributed by atoms with van der Waals surface area (Å²) in [5.74, 6) is -0.559. The quantitative estimate of drug-likeness (QED) is 0.745. The van der Waals surface area contributed by atoms with Gasteiger partial charge in [-0.25, -0.2) is 9.07 Å². The van der Waals surface area contributed by atoms with E-state index in [2.05, 4.69) is 10.3 Å². The number of aromatic nitrogens is 3. The molecule has 0 atom stereocenters. The number of carbonyl (C=O) groups is 1. The minimum absolute atomic E-state index is 0.104. The lowest BCUT2D eigenvalue weighted by atomic mass is 10.1. The zero-order chi connectivity index (χ0) is 16.5. The van der Waals surface area contributed by atoms with Crippen molar-refractivity contribution in [1.82, 2.24) is 19.9 Å². The van der Waals surface area contributed by atoms with Gasteiger partial charge in [-0.3, -0.25) is 4.79 Å². The van der Waals surface area contributed by atoms with E-state index in [0.29, 0.717) is 18.7 Å². The first-order valence-corrected chi connectivity index (χ1v) is 7.73. The van der Waals surface area contributed by atoms with Gasteiger partial charge in [-0.2, -0.15) is 0 Å².